The number of aromatic nitrogens is 3. The molecule has 0 saturated heterocycles. The van der Waals surface area contributed by atoms with E-state index < -0.39 is 4.92 Å². The number of pyridine rings is 1. The predicted octanol–water partition coefficient (Wildman–Crippen LogP) is 3.04. The first-order valence-corrected chi connectivity index (χ1v) is 6.23. The Balaban J connectivity index is 2.01. The number of hydrogen-bond donors (Lipinski definition) is 0. The smallest absolute Gasteiger partial charge is 0.358 e. The third-order valence-corrected chi connectivity index (χ3v) is 3.21. The first-order valence-electron chi connectivity index (χ1n) is 5.85. The predicted molar refractivity (Wildman–Crippen MR) is 74.7 cm³/mol. The number of halogens is 1. The molecular weight excluding hydrogens is 280 g/mol. The zero-order valence-corrected chi connectivity index (χ0v) is 11.0. The van der Waals surface area contributed by atoms with Crippen molar-refractivity contribution in [2.75, 3.05) is 0 Å². The SMILES string of the molecule is O=[N+]([O-])c1nn(Cc2ccnc3ccccc23)cc1Cl. The van der Waals surface area contributed by atoms with E-state index in [4.69, 9.17) is 11.6 Å². The molecule has 0 radical (unpaired) electrons. The van der Waals surface area contributed by atoms with Crippen LogP contribution in [0.3, 0.4) is 0 Å². The van der Waals surface area contributed by atoms with E-state index in [9.17, 15) is 10.1 Å². The molecule has 0 bridgehead atoms. The molecule has 1 aromatic carbocycles. The third-order valence-electron chi connectivity index (χ3n) is 2.94. The minimum Gasteiger partial charge on any atom is -0.358 e. The lowest BCUT2D eigenvalue weighted by Gasteiger charge is -2.03. The van der Waals surface area contributed by atoms with Crippen LogP contribution in [0.25, 0.3) is 10.9 Å². The van der Waals surface area contributed by atoms with Gasteiger partial charge >= 0.3 is 5.82 Å². The summed E-state index contributed by atoms with van der Waals surface area (Å²) in [5.74, 6) is -0.329. The average Bonchev–Trinajstić information content (AvgIpc) is 2.80. The van der Waals surface area contributed by atoms with Crippen LogP contribution < -0.4 is 0 Å². The van der Waals surface area contributed by atoms with Gasteiger partial charge in [0.05, 0.1) is 23.4 Å². The highest BCUT2D eigenvalue weighted by Crippen LogP contribution is 2.23. The second kappa shape index (κ2) is 4.90. The first kappa shape index (κ1) is 12.6. The highest BCUT2D eigenvalue weighted by Gasteiger charge is 2.19. The summed E-state index contributed by atoms with van der Waals surface area (Å²) in [6.07, 6.45) is 3.16. The third kappa shape index (κ3) is 2.21. The zero-order chi connectivity index (χ0) is 14.1. The van der Waals surface area contributed by atoms with Gasteiger partial charge in [0.15, 0.2) is 5.02 Å². The number of rotatable bonds is 3. The highest BCUT2D eigenvalue weighted by molar-refractivity contribution is 6.32. The molecule has 0 saturated carbocycles. The Hall–Kier alpha value is -2.47. The van der Waals surface area contributed by atoms with Crippen LogP contribution in [0.4, 0.5) is 5.82 Å². The molecule has 0 aliphatic rings. The van der Waals surface area contributed by atoms with Crippen molar-refractivity contribution in [1.29, 1.82) is 0 Å². The molecule has 3 aromatic rings. The van der Waals surface area contributed by atoms with Crippen molar-refractivity contribution >= 4 is 28.3 Å². The number of fused-ring (bicyclic) bond motifs is 1. The summed E-state index contributed by atoms with van der Waals surface area (Å²) in [7, 11) is 0. The van der Waals surface area contributed by atoms with Crippen molar-refractivity contribution in [2.24, 2.45) is 0 Å². The van der Waals surface area contributed by atoms with Crippen LogP contribution in [0.1, 0.15) is 5.56 Å². The molecule has 20 heavy (non-hydrogen) atoms. The van der Waals surface area contributed by atoms with E-state index in [-0.39, 0.29) is 10.8 Å². The van der Waals surface area contributed by atoms with E-state index in [0.717, 1.165) is 16.5 Å². The average molecular weight is 289 g/mol. The maximum atomic E-state index is 10.7. The molecule has 3 rings (SSSR count). The Kier molecular flexibility index (Phi) is 3.08. The highest BCUT2D eigenvalue weighted by atomic mass is 35.5. The number of para-hydroxylation sites is 1. The van der Waals surface area contributed by atoms with Gasteiger partial charge in [-0.25, -0.2) is 0 Å². The van der Waals surface area contributed by atoms with Gasteiger partial charge in [0, 0.05) is 11.6 Å². The summed E-state index contributed by atoms with van der Waals surface area (Å²) in [4.78, 5) is 14.4. The topological polar surface area (TPSA) is 73.8 Å². The summed E-state index contributed by atoms with van der Waals surface area (Å²) >= 11 is 5.79. The molecule has 0 aliphatic heterocycles. The van der Waals surface area contributed by atoms with Gasteiger partial charge in [-0.15, -0.1) is 0 Å². The van der Waals surface area contributed by atoms with Crippen molar-refractivity contribution < 1.29 is 4.92 Å². The van der Waals surface area contributed by atoms with E-state index in [1.54, 1.807) is 6.20 Å². The Labute approximate surface area is 118 Å². The molecule has 0 fully saturated rings. The zero-order valence-electron chi connectivity index (χ0n) is 10.2. The largest absolute Gasteiger partial charge is 0.408 e. The van der Waals surface area contributed by atoms with Crippen molar-refractivity contribution in [3.8, 4) is 0 Å². The normalized spacial score (nSPS) is 10.8. The van der Waals surface area contributed by atoms with Gasteiger partial charge in [-0.05, 0) is 22.6 Å². The molecule has 0 spiro atoms. The summed E-state index contributed by atoms with van der Waals surface area (Å²) in [5, 5.41) is 15.6. The second-order valence-corrected chi connectivity index (χ2v) is 4.65. The van der Waals surface area contributed by atoms with Crippen molar-refractivity contribution in [3.05, 3.63) is 63.4 Å². The van der Waals surface area contributed by atoms with E-state index in [1.807, 2.05) is 30.3 Å². The molecule has 2 aromatic heterocycles. The minimum absolute atomic E-state index is 0.0355. The van der Waals surface area contributed by atoms with Crippen molar-refractivity contribution in [3.63, 3.8) is 0 Å². The molecule has 0 aliphatic carbocycles. The molecular formula is C13H9ClN4O2. The fraction of sp³-hybridized carbons (Fsp3) is 0.0769. The maximum absolute atomic E-state index is 10.7. The summed E-state index contributed by atoms with van der Waals surface area (Å²) in [5.41, 5.74) is 1.85. The van der Waals surface area contributed by atoms with E-state index in [2.05, 4.69) is 10.1 Å². The molecule has 7 heteroatoms. The lowest BCUT2D eigenvalue weighted by molar-refractivity contribution is -0.389. The van der Waals surface area contributed by atoms with E-state index >= 15 is 0 Å². The Bertz CT molecular complexity index is 795. The standard InChI is InChI=1S/C13H9ClN4O2/c14-11-8-17(16-13(11)18(19)20)7-9-5-6-15-12-4-2-1-3-10(9)12/h1-6,8H,7H2. The van der Waals surface area contributed by atoms with Gasteiger partial charge in [0.1, 0.15) is 0 Å². The monoisotopic (exact) mass is 288 g/mol. The van der Waals surface area contributed by atoms with Crippen LogP contribution in [-0.4, -0.2) is 19.7 Å². The Morgan fingerprint density at radius 3 is 2.85 bits per heavy atom. The fourth-order valence-corrected chi connectivity index (χ4v) is 2.28. The first-order chi connectivity index (χ1) is 9.65. The van der Waals surface area contributed by atoms with Crippen LogP contribution in [0.15, 0.2) is 42.7 Å². The van der Waals surface area contributed by atoms with Crippen LogP contribution in [0.5, 0.6) is 0 Å². The number of nitrogens with zero attached hydrogens (tertiary/aromatic N) is 4. The maximum Gasteiger partial charge on any atom is 0.408 e. The van der Waals surface area contributed by atoms with Gasteiger partial charge in [-0.3, -0.25) is 4.98 Å². The van der Waals surface area contributed by atoms with E-state index in [1.165, 1.54) is 10.9 Å². The van der Waals surface area contributed by atoms with Crippen LogP contribution >= 0.6 is 11.6 Å². The van der Waals surface area contributed by atoms with Crippen LogP contribution in [0.2, 0.25) is 5.02 Å². The molecule has 100 valence electrons. The fourth-order valence-electron chi connectivity index (χ4n) is 2.06. The van der Waals surface area contributed by atoms with Crippen LogP contribution in [-0.2, 0) is 6.54 Å². The number of benzene rings is 1. The quantitative estimate of drug-likeness (QED) is 0.548. The van der Waals surface area contributed by atoms with E-state index in [0.29, 0.717) is 6.54 Å². The van der Waals surface area contributed by atoms with Gasteiger partial charge in [-0.1, -0.05) is 29.8 Å². The summed E-state index contributed by atoms with van der Waals surface area (Å²) in [6, 6.07) is 9.57. The van der Waals surface area contributed by atoms with Gasteiger partial charge in [-0.2, -0.15) is 4.68 Å². The lowest BCUT2D eigenvalue weighted by atomic mass is 10.1. The molecule has 2 heterocycles. The van der Waals surface area contributed by atoms with Gasteiger partial charge in [0.2, 0.25) is 0 Å². The molecule has 0 atom stereocenters. The second-order valence-electron chi connectivity index (χ2n) is 4.24. The Morgan fingerprint density at radius 1 is 1.30 bits per heavy atom. The number of hydrogen-bond acceptors (Lipinski definition) is 4. The van der Waals surface area contributed by atoms with Crippen molar-refractivity contribution in [1.82, 2.24) is 14.8 Å². The van der Waals surface area contributed by atoms with Crippen molar-refractivity contribution in [2.45, 2.75) is 6.54 Å². The molecule has 0 N–H and O–H groups in total. The molecule has 0 amide bonds. The number of nitro groups is 1. The summed E-state index contributed by atoms with van der Waals surface area (Å²) < 4.78 is 1.46. The minimum atomic E-state index is -0.594. The molecule has 0 unspecified atom stereocenters. The lowest BCUT2D eigenvalue weighted by Crippen LogP contribution is -2.02. The van der Waals surface area contributed by atoms with Gasteiger partial charge in [0.25, 0.3) is 0 Å². The van der Waals surface area contributed by atoms with Crippen LogP contribution in [0, 0.1) is 10.1 Å². The summed E-state index contributed by atoms with van der Waals surface area (Å²) in [6.45, 7) is 0.399. The van der Waals surface area contributed by atoms with Gasteiger partial charge < -0.3 is 10.1 Å². The molecule has 6 nitrogen and oxygen atoms in total. The Morgan fingerprint density at radius 2 is 2.10 bits per heavy atom.